The maximum absolute atomic E-state index is 11.8. The number of ether oxygens (including phenoxy) is 1. The van der Waals surface area contributed by atoms with Crippen molar-refractivity contribution in [1.29, 1.82) is 0 Å². The van der Waals surface area contributed by atoms with Crippen LogP contribution in [0.15, 0.2) is 60.9 Å². The zero-order valence-corrected chi connectivity index (χ0v) is 11.4. The second kappa shape index (κ2) is 6.41. The van der Waals surface area contributed by atoms with Crippen LogP contribution in [0.1, 0.15) is 10.4 Å². The molecule has 2 aromatic rings. The number of carbonyl (C=O) groups is 1. The maximum atomic E-state index is 11.8. The SMILES string of the molecule is O=C(C=COc1ccc(Cl)cc1)c1ccc(Cl)cc1. The Morgan fingerprint density at radius 1 is 0.895 bits per heavy atom. The van der Waals surface area contributed by atoms with Gasteiger partial charge < -0.3 is 4.74 Å². The Kier molecular flexibility index (Phi) is 4.61. The first kappa shape index (κ1) is 13.7. The molecular weight excluding hydrogens is 283 g/mol. The molecule has 0 aromatic heterocycles. The predicted molar refractivity (Wildman–Crippen MR) is 77.0 cm³/mol. The fraction of sp³-hybridized carbons (Fsp3) is 0. The molecule has 19 heavy (non-hydrogen) atoms. The van der Waals surface area contributed by atoms with Gasteiger partial charge in [0.15, 0.2) is 5.78 Å². The van der Waals surface area contributed by atoms with Crippen LogP contribution in [-0.4, -0.2) is 5.78 Å². The molecule has 0 amide bonds. The highest BCUT2D eigenvalue weighted by atomic mass is 35.5. The monoisotopic (exact) mass is 292 g/mol. The van der Waals surface area contributed by atoms with Crippen LogP contribution in [0.2, 0.25) is 10.0 Å². The van der Waals surface area contributed by atoms with Crippen molar-refractivity contribution >= 4 is 29.0 Å². The Morgan fingerprint density at radius 3 is 2.00 bits per heavy atom. The summed E-state index contributed by atoms with van der Waals surface area (Å²) in [4.78, 5) is 11.8. The van der Waals surface area contributed by atoms with E-state index in [4.69, 9.17) is 27.9 Å². The average molecular weight is 293 g/mol. The molecule has 4 heteroatoms. The number of benzene rings is 2. The van der Waals surface area contributed by atoms with Gasteiger partial charge >= 0.3 is 0 Å². The van der Waals surface area contributed by atoms with Gasteiger partial charge in [-0.15, -0.1) is 0 Å². The number of hydrogen-bond acceptors (Lipinski definition) is 2. The smallest absolute Gasteiger partial charge is 0.188 e. The van der Waals surface area contributed by atoms with E-state index in [9.17, 15) is 4.79 Å². The van der Waals surface area contributed by atoms with Gasteiger partial charge in [0.05, 0.1) is 6.26 Å². The number of ketones is 1. The van der Waals surface area contributed by atoms with Gasteiger partial charge in [-0.1, -0.05) is 23.2 Å². The topological polar surface area (TPSA) is 26.3 Å². The first-order valence-corrected chi connectivity index (χ1v) is 6.29. The van der Waals surface area contributed by atoms with Gasteiger partial charge in [-0.2, -0.15) is 0 Å². The van der Waals surface area contributed by atoms with Crippen molar-refractivity contribution in [1.82, 2.24) is 0 Å². The van der Waals surface area contributed by atoms with Crippen LogP contribution in [0.4, 0.5) is 0 Å². The van der Waals surface area contributed by atoms with Gasteiger partial charge in [-0.25, -0.2) is 0 Å². The standard InChI is InChI=1S/C15H10Cl2O2/c16-12-3-1-11(2-4-12)15(18)9-10-19-14-7-5-13(17)6-8-14/h1-10H. The number of allylic oxidation sites excluding steroid dienone is 1. The first-order chi connectivity index (χ1) is 9.15. The van der Waals surface area contributed by atoms with Gasteiger partial charge in [0.25, 0.3) is 0 Å². The summed E-state index contributed by atoms with van der Waals surface area (Å²) in [5.74, 6) is 0.468. The number of carbonyl (C=O) groups excluding carboxylic acids is 1. The van der Waals surface area contributed by atoms with E-state index in [-0.39, 0.29) is 5.78 Å². The molecule has 2 nitrogen and oxygen atoms in total. The Labute approximate surface area is 121 Å². The lowest BCUT2D eigenvalue weighted by Crippen LogP contribution is -1.94. The van der Waals surface area contributed by atoms with Crippen molar-refractivity contribution in [2.24, 2.45) is 0 Å². The number of hydrogen-bond donors (Lipinski definition) is 0. The second-order valence-electron chi connectivity index (χ2n) is 3.75. The van der Waals surface area contributed by atoms with Gasteiger partial charge in [0.1, 0.15) is 5.75 Å². The molecule has 0 bridgehead atoms. The minimum atomic E-state index is -0.148. The summed E-state index contributed by atoms with van der Waals surface area (Å²) >= 11 is 11.5. The summed E-state index contributed by atoms with van der Waals surface area (Å²) in [5, 5.41) is 1.23. The molecular formula is C15H10Cl2O2. The zero-order valence-electron chi connectivity index (χ0n) is 9.85. The molecule has 0 saturated carbocycles. The second-order valence-corrected chi connectivity index (χ2v) is 4.62. The normalized spacial score (nSPS) is 10.6. The van der Waals surface area contributed by atoms with Crippen LogP contribution in [0.3, 0.4) is 0 Å². The lowest BCUT2D eigenvalue weighted by Gasteiger charge is -1.99. The molecule has 2 rings (SSSR count). The van der Waals surface area contributed by atoms with Crippen LogP contribution in [0, 0.1) is 0 Å². The molecule has 0 aliphatic rings. The third kappa shape index (κ3) is 4.12. The molecule has 0 atom stereocenters. The van der Waals surface area contributed by atoms with Crippen LogP contribution in [0.25, 0.3) is 0 Å². The van der Waals surface area contributed by atoms with Gasteiger partial charge in [0.2, 0.25) is 0 Å². The van der Waals surface area contributed by atoms with E-state index in [1.54, 1.807) is 48.5 Å². The molecule has 96 valence electrons. The van der Waals surface area contributed by atoms with Crippen molar-refractivity contribution in [3.8, 4) is 5.75 Å². The highest BCUT2D eigenvalue weighted by Gasteiger charge is 2.01. The molecule has 0 aliphatic carbocycles. The molecule has 0 radical (unpaired) electrons. The van der Waals surface area contributed by atoms with Crippen LogP contribution in [-0.2, 0) is 0 Å². The average Bonchev–Trinajstić information content (AvgIpc) is 2.41. The van der Waals surface area contributed by atoms with E-state index >= 15 is 0 Å². The molecule has 0 saturated heterocycles. The van der Waals surface area contributed by atoms with Gasteiger partial charge in [-0.3, -0.25) is 4.79 Å². The fourth-order valence-electron chi connectivity index (χ4n) is 1.40. The molecule has 0 aliphatic heterocycles. The van der Waals surface area contributed by atoms with E-state index in [0.717, 1.165) is 0 Å². The lowest BCUT2D eigenvalue weighted by atomic mass is 10.1. The molecule has 0 unspecified atom stereocenters. The fourth-order valence-corrected chi connectivity index (χ4v) is 1.65. The van der Waals surface area contributed by atoms with E-state index in [1.807, 2.05) is 0 Å². The van der Waals surface area contributed by atoms with Crippen molar-refractivity contribution in [2.45, 2.75) is 0 Å². The van der Waals surface area contributed by atoms with Crippen LogP contribution >= 0.6 is 23.2 Å². The van der Waals surface area contributed by atoms with Crippen molar-refractivity contribution in [2.75, 3.05) is 0 Å². The molecule has 0 N–H and O–H groups in total. The van der Waals surface area contributed by atoms with E-state index in [1.165, 1.54) is 12.3 Å². The highest BCUT2D eigenvalue weighted by molar-refractivity contribution is 6.30. The summed E-state index contributed by atoms with van der Waals surface area (Å²) in [6.07, 6.45) is 2.71. The van der Waals surface area contributed by atoms with Gasteiger partial charge in [-0.05, 0) is 48.5 Å². The molecule has 0 fully saturated rings. The van der Waals surface area contributed by atoms with Crippen molar-refractivity contribution in [3.05, 3.63) is 76.5 Å². The Balaban J connectivity index is 1.97. The molecule has 0 heterocycles. The quantitative estimate of drug-likeness (QED) is 0.461. The van der Waals surface area contributed by atoms with Crippen LogP contribution in [0.5, 0.6) is 5.75 Å². The minimum Gasteiger partial charge on any atom is -0.465 e. The largest absolute Gasteiger partial charge is 0.465 e. The van der Waals surface area contributed by atoms with Crippen molar-refractivity contribution < 1.29 is 9.53 Å². The maximum Gasteiger partial charge on any atom is 0.188 e. The Hall–Kier alpha value is -1.77. The highest BCUT2D eigenvalue weighted by Crippen LogP contribution is 2.16. The molecule has 2 aromatic carbocycles. The van der Waals surface area contributed by atoms with Crippen molar-refractivity contribution in [3.63, 3.8) is 0 Å². The minimum absolute atomic E-state index is 0.148. The predicted octanol–water partition coefficient (Wildman–Crippen LogP) is 4.77. The van der Waals surface area contributed by atoms with E-state index < -0.39 is 0 Å². The number of halogens is 2. The van der Waals surface area contributed by atoms with E-state index in [0.29, 0.717) is 21.4 Å². The third-order valence-electron chi connectivity index (χ3n) is 2.37. The summed E-state index contributed by atoms with van der Waals surface area (Å²) < 4.78 is 5.29. The summed E-state index contributed by atoms with van der Waals surface area (Å²) in [5.41, 5.74) is 0.556. The first-order valence-electron chi connectivity index (χ1n) is 5.54. The Bertz CT molecular complexity index is 587. The summed E-state index contributed by atoms with van der Waals surface area (Å²) in [6, 6.07) is 13.5. The lowest BCUT2D eigenvalue weighted by molar-refractivity contribution is 0.104. The summed E-state index contributed by atoms with van der Waals surface area (Å²) in [6.45, 7) is 0. The van der Waals surface area contributed by atoms with E-state index in [2.05, 4.69) is 0 Å². The number of rotatable bonds is 4. The Morgan fingerprint density at radius 2 is 1.42 bits per heavy atom. The van der Waals surface area contributed by atoms with Gasteiger partial charge in [0, 0.05) is 21.7 Å². The molecule has 0 spiro atoms. The zero-order chi connectivity index (χ0) is 13.7. The third-order valence-corrected chi connectivity index (χ3v) is 2.87. The van der Waals surface area contributed by atoms with Crippen LogP contribution < -0.4 is 4.74 Å². The summed E-state index contributed by atoms with van der Waals surface area (Å²) in [7, 11) is 0.